The fraction of sp³-hybridized carbons (Fsp3) is 0.250. The van der Waals surface area contributed by atoms with Crippen LogP contribution < -0.4 is 5.32 Å². The zero-order chi connectivity index (χ0) is 19.4. The van der Waals surface area contributed by atoms with E-state index in [0.29, 0.717) is 0 Å². The van der Waals surface area contributed by atoms with E-state index in [1.54, 1.807) is 0 Å². The first-order valence-electron chi connectivity index (χ1n) is 8.45. The van der Waals surface area contributed by atoms with E-state index in [2.05, 4.69) is 10.1 Å². The van der Waals surface area contributed by atoms with Crippen LogP contribution in [0.5, 0.6) is 0 Å². The van der Waals surface area contributed by atoms with Gasteiger partial charge in [0.1, 0.15) is 13.2 Å². The number of carbonyl (C=O) groups excluding carboxylic acids is 2. The molecule has 3 rings (SSSR count). The highest BCUT2D eigenvalue weighted by Gasteiger charge is 2.29. The quantitative estimate of drug-likeness (QED) is 0.759. The Morgan fingerprint density at radius 1 is 1.00 bits per heavy atom. The van der Waals surface area contributed by atoms with E-state index in [1.165, 1.54) is 0 Å². The molecule has 1 aliphatic rings. The Morgan fingerprint density at radius 2 is 1.56 bits per heavy atom. The molecule has 140 valence electrons. The molecule has 0 saturated heterocycles. The SMILES string of the molecule is CC(=O)OC[C@H](NC(=O)OCC1c2ccccc2-c2ccccc21)C(=O)O. The van der Waals surface area contributed by atoms with Crippen molar-refractivity contribution in [3.63, 3.8) is 0 Å². The maximum absolute atomic E-state index is 12.0. The Labute approximate surface area is 155 Å². The van der Waals surface area contributed by atoms with Crippen LogP contribution in [0.1, 0.15) is 24.0 Å². The van der Waals surface area contributed by atoms with E-state index in [9.17, 15) is 14.4 Å². The van der Waals surface area contributed by atoms with Crippen LogP contribution in [-0.2, 0) is 19.1 Å². The lowest BCUT2D eigenvalue weighted by Gasteiger charge is -2.17. The fourth-order valence-corrected chi connectivity index (χ4v) is 3.16. The second kappa shape index (κ2) is 7.90. The van der Waals surface area contributed by atoms with E-state index < -0.39 is 30.7 Å². The Kier molecular flexibility index (Phi) is 5.40. The standard InChI is InChI=1S/C20H19NO6/c1-12(22)26-11-18(19(23)24)21-20(25)27-10-17-15-8-4-2-6-13(15)14-7-3-5-9-16(14)17/h2-9,17-18H,10-11H2,1H3,(H,21,25)(H,23,24)/t18-/m0/s1. The van der Waals surface area contributed by atoms with E-state index in [-0.39, 0.29) is 12.5 Å². The minimum atomic E-state index is -1.37. The van der Waals surface area contributed by atoms with Gasteiger partial charge in [0.15, 0.2) is 6.04 Å². The highest BCUT2D eigenvalue weighted by atomic mass is 16.6. The fourth-order valence-electron chi connectivity index (χ4n) is 3.16. The van der Waals surface area contributed by atoms with E-state index in [1.807, 2.05) is 48.5 Å². The molecule has 0 saturated carbocycles. The minimum absolute atomic E-state index is 0.0692. The average molecular weight is 369 g/mol. The third-order valence-corrected chi connectivity index (χ3v) is 4.39. The Morgan fingerprint density at radius 3 is 2.07 bits per heavy atom. The number of esters is 1. The summed E-state index contributed by atoms with van der Waals surface area (Å²) in [5.41, 5.74) is 4.31. The number of hydrogen-bond donors (Lipinski definition) is 2. The van der Waals surface area contributed by atoms with Gasteiger partial charge in [-0.3, -0.25) is 4.79 Å². The van der Waals surface area contributed by atoms with E-state index >= 15 is 0 Å². The number of benzene rings is 2. The van der Waals surface area contributed by atoms with Gasteiger partial charge in [0.05, 0.1) is 0 Å². The number of rotatable bonds is 6. The third-order valence-electron chi connectivity index (χ3n) is 4.39. The summed E-state index contributed by atoms with van der Waals surface area (Å²) in [4.78, 5) is 34.1. The second-order valence-corrected chi connectivity index (χ2v) is 6.16. The van der Waals surface area contributed by atoms with Crippen LogP contribution in [0.3, 0.4) is 0 Å². The molecule has 2 aromatic rings. The first kappa shape index (κ1) is 18.4. The number of carboxylic acids is 1. The molecule has 0 heterocycles. The van der Waals surface area contributed by atoms with Crippen molar-refractivity contribution in [2.45, 2.75) is 18.9 Å². The molecule has 1 aliphatic carbocycles. The number of ether oxygens (including phenoxy) is 2. The van der Waals surface area contributed by atoms with Crippen molar-refractivity contribution in [2.24, 2.45) is 0 Å². The summed E-state index contributed by atoms with van der Waals surface area (Å²) in [6, 6.07) is 14.4. The van der Waals surface area contributed by atoms with Crippen molar-refractivity contribution in [1.29, 1.82) is 0 Å². The van der Waals surface area contributed by atoms with Gasteiger partial charge in [-0.25, -0.2) is 9.59 Å². The monoisotopic (exact) mass is 369 g/mol. The first-order valence-corrected chi connectivity index (χ1v) is 8.45. The lowest BCUT2D eigenvalue weighted by atomic mass is 9.98. The number of hydrogen-bond acceptors (Lipinski definition) is 5. The van der Waals surface area contributed by atoms with Crippen LogP contribution >= 0.6 is 0 Å². The Bertz CT molecular complexity index is 833. The zero-order valence-electron chi connectivity index (χ0n) is 14.7. The molecule has 27 heavy (non-hydrogen) atoms. The molecule has 2 aromatic carbocycles. The van der Waals surface area contributed by atoms with E-state index in [0.717, 1.165) is 29.2 Å². The average Bonchev–Trinajstić information content (AvgIpc) is 2.97. The van der Waals surface area contributed by atoms with Crippen molar-refractivity contribution in [3.8, 4) is 11.1 Å². The first-order chi connectivity index (χ1) is 13.0. The van der Waals surface area contributed by atoms with Gasteiger partial charge in [0.2, 0.25) is 0 Å². The van der Waals surface area contributed by atoms with Gasteiger partial charge < -0.3 is 19.9 Å². The van der Waals surface area contributed by atoms with Crippen LogP contribution in [0, 0.1) is 0 Å². The maximum atomic E-state index is 12.0. The molecule has 7 heteroatoms. The number of amides is 1. The van der Waals surface area contributed by atoms with Crippen LogP contribution in [0.2, 0.25) is 0 Å². The minimum Gasteiger partial charge on any atom is -0.480 e. The van der Waals surface area contributed by atoms with Gasteiger partial charge in [-0.05, 0) is 22.3 Å². The molecule has 1 amide bonds. The van der Waals surface area contributed by atoms with Gasteiger partial charge >= 0.3 is 18.0 Å². The van der Waals surface area contributed by atoms with Crippen LogP contribution in [0.4, 0.5) is 4.79 Å². The van der Waals surface area contributed by atoms with E-state index in [4.69, 9.17) is 9.84 Å². The lowest BCUT2D eigenvalue weighted by Crippen LogP contribution is -2.44. The molecule has 0 unspecified atom stereocenters. The molecule has 0 radical (unpaired) electrons. The van der Waals surface area contributed by atoms with Gasteiger partial charge in [-0.2, -0.15) is 0 Å². The topological polar surface area (TPSA) is 102 Å². The summed E-state index contributed by atoms with van der Waals surface area (Å²) in [5, 5.41) is 11.3. The Hall–Kier alpha value is -3.35. The summed E-state index contributed by atoms with van der Waals surface area (Å²) in [6.07, 6.45) is -0.878. The lowest BCUT2D eigenvalue weighted by molar-refractivity contribution is -0.146. The molecule has 0 aromatic heterocycles. The smallest absolute Gasteiger partial charge is 0.407 e. The molecule has 0 spiro atoms. The normalized spacial score (nSPS) is 13.2. The molecule has 1 atom stereocenters. The molecule has 0 aliphatic heterocycles. The summed E-state index contributed by atoms with van der Waals surface area (Å²) in [5.74, 6) is -2.07. The van der Waals surface area contributed by atoms with Crippen molar-refractivity contribution >= 4 is 18.0 Å². The molecule has 0 fully saturated rings. The van der Waals surface area contributed by atoms with Crippen molar-refractivity contribution in [2.75, 3.05) is 13.2 Å². The number of carboxylic acid groups (broad SMARTS) is 1. The van der Waals surface area contributed by atoms with Gasteiger partial charge in [0.25, 0.3) is 0 Å². The number of nitrogens with one attached hydrogen (secondary N) is 1. The van der Waals surface area contributed by atoms with Gasteiger partial charge in [-0.15, -0.1) is 0 Å². The summed E-state index contributed by atoms with van der Waals surface area (Å²) < 4.78 is 9.92. The van der Waals surface area contributed by atoms with Crippen LogP contribution in [-0.4, -0.2) is 42.4 Å². The predicted molar refractivity (Wildman–Crippen MR) is 96.3 cm³/mol. The molecule has 0 bridgehead atoms. The van der Waals surface area contributed by atoms with Crippen molar-refractivity contribution < 1.29 is 29.0 Å². The van der Waals surface area contributed by atoms with Crippen LogP contribution in [0.25, 0.3) is 11.1 Å². The largest absolute Gasteiger partial charge is 0.480 e. The second-order valence-electron chi connectivity index (χ2n) is 6.16. The number of fused-ring (bicyclic) bond motifs is 3. The summed E-state index contributed by atoms with van der Waals surface area (Å²) in [7, 11) is 0. The van der Waals surface area contributed by atoms with Gasteiger partial charge in [0, 0.05) is 12.8 Å². The molecule has 2 N–H and O–H groups in total. The number of carbonyl (C=O) groups is 3. The predicted octanol–water partition coefficient (Wildman–Crippen LogP) is 2.54. The highest BCUT2D eigenvalue weighted by molar-refractivity contribution is 5.81. The summed E-state index contributed by atoms with van der Waals surface area (Å²) in [6.45, 7) is 0.765. The summed E-state index contributed by atoms with van der Waals surface area (Å²) >= 11 is 0. The number of alkyl carbamates (subject to hydrolysis) is 1. The van der Waals surface area contributed by atoms with Gasteiger partial charge in [-0.1, -0.05) is 48.5 Å². The highest BCUT2D eigenvalue weighted by Crippen LogP contribution is 2.44. The molecular weight excluding hydrogens is 350 g/mol. The molecular formula is C20H19NO6. The van der Waals surface area contributed by atoms with Crippen molar-refractivity contribution in [3.05, 3.63) is 59.7 Å². The van der Waals surface area contributed by atoms with Crippen LogP contribution in [0.15, 0.2) is 48.5 Å². The zero-order valence-corrected chi connectivity index (χ0v) is 14.7. The molecule has 7 nitrogen and oxygen atoms in total. The maximum Gasteiger partial charge on any atom is 0.407 e. The third kappa shape index (κ3) is 4.08. The van der Waals surface area contributed by atoms with Crippen molar-refractivity contribution in [1.82, 2.24) is 5.32 Å². The number of aliphatic carboxylic acids is 1. The Balaban J connectivity index is 1.67.